The molecule has 1 aromatic heterocycles. The van der Waals surface area contributed by atoms with Crippen molar-refractivity contribution >= 4 is 10.0 Å². The average molecular weight is 325 g/mol. The zero-order chi connectivity index (χ0) is 15.4. The van der Waals surface area contributed by atoms with Crippen molar-refractivity contribution in [2.24, 2.45) is 0 Å². The molecule has 0 fully saturated rings. The summed E-state index contributed by atoms with van der Waals surface area (Å²) in [5, 5.41) is 0. The largest absolute Gasteiger partial charge is 0.469 e. The molecule has 0 saturated carbocycles. The zero-order valence-corrected chi connectivity index (χ0v) is 12.5. The van der Waals surface area contributed by atoms with Gasteiger partial charge in [0.2, 0.25) is 6.79 Å². The zero-order valence-electron chi connectivity index (χ0n) is 11.7. The first-order valence-electron chi connectivity index (χ1n) is 6.71. The Bertz CT molecular complexity index is 726. The first-order chi connectivity index (χ1) is 10.6. The Kier molecular flexibility index (Phi) is 4.32. The number of hydrogen-bond donors (Lipinski definition) is 1. The molecule has 8 heteroatoms. The molecule has 0 bridgehead atoms. The van der Waals surface area contributed by atoms with E-state index in [0.29, 0.717) is 24.3 Å². The number of hydrogen-bond acceptors (Lipinski definition) is 6. The molecule has 0 atom stereocenters. The van der Waals surface area contributed by atoms with Crippen LogP contribution >= 0.6 is 0 Å². The number of furan rings is 1. The van der Waals surface area contributed by atoms with Crippen LogP contribution in [0, 0.1) is 0 Å². The molecule has 0 radical (unpaired) electrons. The molecular weight excluding hydrogens is 310 g/mol. The van der Waals surface area contributed by atoms with Gasteiger partial charge in [0.1, 0.15) is 5.76 Å². The molecule has 1 aromatic carbocycles. The lowest BCUT2D eigenvalue weighted by Crippen LogP contribution is -2.24. The van der Waals surface area contributed by atoms with E-state index in [2.05, 4.69) is 4.89 Å². The van der Waals surface area contributed by atoms with Crippen LogP contribution in [0.15, 0.2) is 45.9 Å². The van der Waals surface area contributed by atoms with Crippen LogP contribution in [0.2, 0.25) is 0 Å². The highest BCUT2D eigenvalue weighted by molar-refractivity contribution is 7.89. The van der Waals surface area contributed by atoms with Crippen molar-refractivity contribution in [1.29, 1.82) is 0 Å². The van der Waals surface area contributed by atoms with E-state index in [4.69, 9.17) is 18.7 Å². The van der Waals surface area contributed by atoms with Crippen molar-refractivity contribution in [2.45, 2.75) is 17.7 Å². The van der Waals surface area contributed by atoms with Crippen LogP contribution in [0.1, 0.15) is 12.2 Å². The molecule has 0 aliphatic carbocycles. The van der Waals surface area contributed by atoms with Crippen molar-refractivity contribution in [1.82, 2.24) is 4.89 Å². The van der Waals surface area contributed by atoms with Crippen LogP contribution < -0.4 is 14.4 Å². The van der Waals surface area contributed by atoms with E-state index in [1.807, 2.05) is 6.07 Å². The predicted molar refractivity (Wildman–Crippen MR) is 75.9 cm³/mol. The summed E-state index contributed by atoms with van der Waals surface area (Å²) in [6.45, 7) is 0.333. The van der Waals surface area contributed by atoms with Crippen molar-refractivity contribution < 1.29 is 27.1 Å². The van der Waals surface area contributed by atoms with Crippen LogP contribution in [0.3, 0.4) is 0 Å². The second kappa shape index (κ2) is 6.39. The van der Waals surface area contributed by atoms with Crippen molar-refractivity contribution in [3.63, 3.8) is 0 Å². The van der Waals surface area contributed by atoms with E-state index in [1.54, 1.807) is 18.4 Å². The van der Waals surface area contributed by atoms with Gasteiger partial charge in [0, 0.05) is 12.5 Å². The molecule has 1 aliphatic heterocycles. The van der Waals surface area contributed by atoms with Crippen LogP contribution in [-0.2, 0) is 21.3 Å². The highest BCUT2D eigenvalue weighted by atomic mass is 32.2. The maximum Gasteiger partial charge on any atom is 0.262 e. The van der Waals surface area contributed by atoms with Gasteiger partial charge in [-0.05, 0) is 30.7 Å². The van der Waals surface area contributed by atoms with Crippen LogP contribution in [0.25, 0.3) is 0 Å². The van der Waals surface area contributed by atoms with E-state index in [-0.39, 0.29) is 18.3 Å². The molecule has 7 nitrogen and oxygen atoms in total. The Morgan fingerprint density at radius 1 is 1.18 bits per heavy atom. The standard InChI is InChI=1S/C14H15NO6S/c16-22(17,12-5-6-13-14(9-12)20-10-19-13)15-21-8-2-4-11-3-1-7-18-11/h1,3,5-7,9,15H,2,4,8,10H2. The molecule has 2 heterocycles. The van der Waals surface area contributed by atoms with Gasteiger partial charge in [0.25, 0.3) is 10.0 Å². The van der Waals surface area contributed by atoms with Gasteiger partial charge in [-0.25, -0.2) is 8.42 Å². The number of nitrogens with one attached hydrogen (secondary N) is 1. The first kappa shape index (κ1) is 14.9. The SMILES string of the molecule is O=S(=O)(NOCCCc1ccco1)c1ccc2c(c1)OCO2. The normalized spacial score (nSPS) is 13.5. The first-order valence-corrected chi connectivity index (χ1v) is 8.19. The second-order valence-electron chi connectivity index (χ2n) is 4.63. The lowest BCUT2D eigenvalue weighted by atomic mass is 10.3. The van der Waals surface area contributed by atoms with Crippen molar-refractivity contribution in [3.8, 4) is 11.5 Å². The molecule has 0 saturated heterocycles. The monoisotopic (exact) mass is 325 g/mol. The van der Waals surface area contributed by atoms with Crippen LogP contribution in [0.5, 0.6) is 11.5 Å². The van der Waals surface area contributed by atoms with Crippen LogP contribution in [0.4, 0.5) is 0 Å². The molecular formula is C14H15NO6S. The van der Waals surface area contributed by atoms with Gasteiger partial charge in [-0.3, -0.25) is 4.84 Å². The topological polar surface area (TPSA) is 87.0 Å². The average Bonchev–Trinajstić information content (AvgIpc) is 3.17. The van der Waals surface area contributed by atoms with Gasteiger partial charge in [-0.15, -0.1) is 0 Å². The Hall–Kier alpha value is -2.03. The quantitative estimate of drug-likeness (QED) is 0.617. The summed E-state index contributed by atoms with van der Waals surface area (Å²) < 4.78 is 39.6. The molecule has 22 heavy (non-hydrogen) atoms. The molecule has 0 unspecified atom stereocenters. The van der Waals surface area contributed by atoms with Gasteiger partial charge in [-0.1, -0.05) is 4.89 Å². The Morgan fingerprint density at radius 2 is 2.05 bits per heavy atom. The van der Waals surface area contributed by atoms with E-state index < -0.39 is 10.0 Å². The number of ether oxygens (including phenoxy) is 2. The molecule has 0 amide bonds. The van der Waals surface area contributed by atoms with Crippen molar-refractivity contribution in [3.05, 3.63) is 42.4 Å². The van der Waals surface area contributed by atoms with Gasteiger partial charge in [-0.2, -0.15) is 0 Å². The summed E-state index contributed by atoms with van der Waals surface area (Å²) in [4.78, 5) is 7.17. The maximum atomic E-state index is 12.1. The second-order valence-corrected chi connectivity index (χ2v) is 6.28. The number of benzene rings is 1. The van der Waals surface area contributed by atoms with Gasteiger partial charge in [0.05, 0.1) is 17.8 Å². The molecule has 0 spiro atoms. The third-order valence-electron chi connectivity index (χ3n) is 3.07. The predicted octanol–water partition coefficient (Wildman–Crippen LogP) is 1.85. The summed E-state index contributed by atoms with van der Waals surface area (Å²) in [6.07, 6.45) is 2.91. The summed E-state index contributed by atoms with van der Waals surface area (Å²) in [5.41, 5.74) is 0. The van der Waals surface area contributed by atoms with E-state index in [9.17, 15) is 8.42 Å². The van der Waals surface area contributed by atoms with Gasteiger partial charge >= 0.3 is 0 Å². The summed E-state index contributed by atoms with van der Waals surface area (Å²) >= 11 is 0. The third-order valence-corrected chi connectivity index (χ3v) is 4.28. The van der Waals surface area contributed by atoms with Crippen LogP contribution in [-0.4, -0.2) is 21.8 Å². The summed E-state index contributed by atoms with van der Waals surface area (Å²) in [7, 11) is -3.75. The highest BCUT2D eigenvalue weighted by Crippen LogP contribution is 2.33. The summed E-state index contributed by atoms with van der Waals surface area (Å²) in [6, 6.07) is 8.04. The Morgan fingerprint density at radius 3 is 2.86 bits per heavy atom. The molecule has 3 rings (SSSR count). The van der Waals surface area contributed by atoms with E-state index in [1.165, 1.54) is 12.1 Å². The fourth-order valence-electron chi connectivity index (χ4n) is 1.98. The van der Waals surface area contributed by atoms with Crippen molar-refractivity contribution in [2.75, 3.05) is 13.4 Å². The Balaban J connectivity index is 1.50. The number of fused-ring (bicyclic) bond motifs is 1. The fourth-order valence-corrected chi connectivity index (χ4v) is 2.83. The molecule has 1 N–H and O–H groups in total. The molecule has 1 aliphatic rings. The molecule has 118 valence electrons. The smallest absolute Gasteiger partial charge is 0.262 e. The lowest BCUT2D eigenvalue weighted by Gasteiger charge is -2.07. The number of sulfonamides is 1. The Labute approximate surface area is 127 Å². The highest BCUT2D eigenvalue weighted by Gasteiger charge is 2.20. The van der Waals surface area contributed by atoms with E-state index >= 15 is 0 Å². The lowest BCUT2D eigenvalue weighted by molar-refractivity contribution is 0.0905. The minimum absolute atomic E-state index is 0.0581. The fraction of sp³-hybridized carbons (Fsp3) is 0.286. The third kappa shape index (κ3) is 3.41. The van der Waals surface area contributed by atoms with E-state index in [0.717, 1.165) is 5.76 Å². The van der Waals surface area contributed by atoms with Gasteiger partial charge < -0.3 is 13.9 Å². The summed E-state index contributed by atoms with van der Waals surface area (Å²) in [5.74, 6) is 1.77. The maximum absolute atomic E-state index is 12.1. The number of aryl methyl sites for hydroxylation is 1. The minimum Gasteiger partial charge on any atom is -0.469 e. The minimum atomic E-state index is -3.75. The van der Waals surface area contributed by atoms with Gasteiger partial charge in [0.15, 0.2) is 11.5 Å². The number of rotatable bonds is 7. The molecule has 2 aromatic rings.